The van der Waals surface area contributed by atoms with Crippen LogP contribution in [0.2, 0.25) is 0 Å². The van der Waals surface area contributed by atoms with E-state index in [9.17, 15) is 5.11 Å². The zero-order valence-corrected chi connectivity index (χ0v) is 13.1. The molecule has 1 rings (SSSR count). The van der Waals surface area contributed by atoms with E-state index >= 15 is 0 Å². The van der Waals surface area contributed by atoms with Gasteiger partial charge in [-0.2, -0.15) is 0 Å². The van der Waals surface area contributed by atoms with E-state index in [-0.39, 0.29) is 6.10 Å². The Morgan fingerprint density at radius 2 is 2.00 bits per heavy atom. The third kappa shape index (κ3) is 7.25. The van der Waals surface area contributed by atoms with Crippen molar-refractivity contribution in [1.82, 2.24) is 10.2 Å². The Balaban J connectivity index is 2.34. The summed E-state index contributed by atoms with van der Waals surface area (Å²) in [7, 11) is 0. The summed E-state index contributed by atoms with van der Waals surface area (Å²) in [6, 6.07) is 1.03. The molecule has 1 fully saturated rings. The molecule has 0 aromatic carbocycles. The van der Waals surface area contributed by atoms with Crippen molar-refractivity contribution < 1.29 is 9.84 Å². The van der Waals surface area contributed by atoms with E-state index in [2.05, 4.69) is 24.1 Å². The summed E-state index contributed by atoms with van der Waals surface area (Å²) >= 11 is 0. The van der Waals surface area contributed by atoms with Crippen LogP contribution in [0.25, 0.3) is 0 Å². The number of ether oxygens (including phenoxy) is 1. The Hall–Kier alpha value is -0.160. The summed E-state index contributed by atoms with van der Waals surface area (Å²) in [5.74, 6) is 0. The fraction of sp³-hybridized carbons (Fsp3) is 1.00. The molecule has 2 N–H and O–H groups in total. The number of nitrogens with zero attached hydrogens (tertiary/aromatic N) is 1. The maximum absolute atomic E-state index is 10.1. The molecular weight excluding hydrogens is 240 g/mol. The number of nitrogens with one attached hydrogen (secondary N) is 1. The first kappa shape index (κ1) is 16.9. The monoisotopic (exact) mass is 272 g/mol. The third-order valence-corrected chi connectivity index (χ3v) is 3.66. The van der Waals surface area contributed by atoms with Gasteiger partial charge in [0.05, 0.1) is 18.8 Å². The van der Waals surface area contributed by atoms with Crippen molar-refractivity contribution in [2.75, 3.05) is 26.2 Å². The van der Waals surface area contributed by atoms with Gasteiger partial charge < -0.3 is 15.2 Å². The molecule has 0 saturated carbocycles. The summed E-state index contributed by atoms with van der Waals surface area (Å²) in [4.78, 5) is 2.36. The van der Waals surface area contributed by atoms with Crippen LogP contribution in [-0.2, 0) is 4.74 Å². The van der Waals surface area contributed by atoms with E-state index in [1.54, 1.807) is 0 Å². The minimum Gasteiger partial charge on any atom is -0.389 e. The highest BCUT2D eigenvalue weighted by Gasteiger charge is 2.20. The van der Waals surface area contributed by atoms with Gasteiger partial charge in [0.1, 0.15) is 0 Å². The lowest BCUT2D eigenvalue weighted by Gasteiger charge is -2.34. The summed E-state index contributed by atoms with van der Waals surface area (Å²) in [5.41, 5.74) is 0. The molecule has 1 aliphatic rings. The first-order valence-corrected chi connectivity index (χ1v) is 7.76. The highest BCUT2D eigenvalue weighted by molar-refractivity contribution is 4.79. The molecule has 1 saturated heterocycles. The highest BCUT2D eigenvalue weighted by atomic mass is 16.5. The maximum Gasteiger partial charge on any atom is 0.0900 e. The lowest BCUT2D eigenvalue weighted by atomic mass is 10.0. The molecule has 0 aromatic rings. The Bertz CT molecular complexity index is 228. The van der Waals surface area contributed by atoms with Crippen LogP contribution in [0.1, 0.15) is 47.0 Å². The van der Waals surface area contributed by atoms with Gasteiger partial charge in [0.2, 0.25) is 0 Å². The van der Waals surface area contributed by atoms with Crippen LogP contribution in [-0.4, -0.2) is 60.5 Å². The number of aliphatic hydroxyl groups is 1. The minimum atomic E-state index is -0.395. The molecular formula is C15H32N2O2. The second-order valence-electron chi connectivity index (χ2n) is 6.23. The zero-order chi connectivity index (χ0) is 14.3. The molecule has 0 bridgehead atoms. The van der Waals surface area contributed by atoms with E-state index in [0.29, 0.717) is 25.2 Å². The molecule has 114 valence electrons. The summed E-state index contributed by atoms with van der Waals surface area (Å²) in [6.45, 7) is 11.7. The van der Waals surface area contributed by atoms with Crippen LogP contribution >= 0.6 is 0 Å². The van der Waals surface area contributed by atoms with Crippen LogP contribution in [0.15, 0.2) is 0 Å². The number of aliphatic hydroxyl groups excluding tert-OH is 1. The van der Waals surface area contributed by atoms with Gasteiger partial charge >= 0.3 is 0 Å². The van der Waals surface area contributed by atoms with Gasteiger partial charge in [-0.05, 0) is 47.1 Å². The van der Waals surface area contributed by atoms with Gasteiger partial charge in [-0.15, -0.1) is 0 Å². The summed E-state index contributed by atoms with van der Waals surface area (Å²) in [5, 5.41) is 13.6. The van der Waals surface area contributed by atoms with Gasteiger partial charge in [0.25, 0.3) is 0 Å². The number of piperidine rings is 1. The van der Waals surface area contributed by atoms with Crippen molar-refractivity contribution in [2.45, 2.75) is 71.2 Å². The fourth-order valence-corrected chi connectivity index (χ4v) is 2.49. The second-order valence-corrected chi connectivity index (χ2v) is 6.23. The van der Waals surface area contributed by atoms with Crippen LogP contribution in [0.4, 0.5) is 0 Å². The Kier molecular flexibility index (Phi) is 7.91. The van der Waals surface area contributed by atoms with Crippen molar-refractivity contribution >= 4 is 0 Å². The minimum absolute atomic E-state index is 0.183. The van der Waals surface area contributed by atoms with Crippen LogP contribution in [0, 0.1) is 0 Å². The quantitative estimate of drug-likeness (QED) is 0.705. The SMILES string of the molecule is CC(C)OCC(O)CN(CC1CCCCN1)C(C)C. The largest absolute Gasteiger partial charge is 0.389 e. The average molecular weight is 272 g/mol. The number of rotatable bonds is 8. The molecule has 2 unspecified atom stereocenters. The Morgan fingerprint density at radius 3 is 2.53 bits per heavy atom. The van der Waals surface area contributed by atoms with Crippen molar-refractivity contribution in [2.24, 2.45) is 0 Å². The molecule has 4 nitrogen and oxygen atoms in total. The normalized spacial score (nSPS) is 22.4. The summed E-state index contributed by atoms with van der Waals surface area (Å²) in [6.07, 6.45) is 3.66. The van der Waals surface area contributed by atoms with Gasteiger partial charge in [0.15, 0.2) is 0 Å². The molecule has 0 spiro atoms. The first-order valence-electron chi connectivity index (χ1n) is 7.76. The average Bonchev–Trinajstić information content (AvgIpc) is 2.36. The van der Waals surface area contributed by atoms with Crippen molar-refractivity contribution in [1.29, 1.82) is 0 Å². The smallest absolute Gasteiger partial charge is 0.0900 e. The predicted octanol–water partition coefficient (Wildman–Crippen LogP) is 1.62. The van der Waals surface area contributed by atoms with E-state index < -0.39 is 6.10 Å². The zero-order valence-electron chi connectivity index (χ0n) is 13.1. The Morgan fingerprint density at radius 1 is 1.26 bits per heavy atom. The molecule has 1 aliphatic heterocycles. The molecule has 0 radical (unpaired) electrons. The molecule has 0 amide bonds. The van der Waals surface area contributed by atoms with Gasteiger partial charge in [-0.25, -0.2) is 0 Å². The van der Waals surface area contributed by atoms with Crippen LogP contribution < -0.4 is 5.32 Å². The fourth-order valence-electron chi connectivity index (χ4n) is 2.49. The predicted molar refractivity (Wildman–Crippen MR) is 79.4 cm³/mol. The topological polar surface area (TPSA) is 44.7 Å². The van der Waals surface area contributed by atoms with E-state index in [0.717, 1.165) is 13.1 Å². The van der Waals surface area contributed by atoms with Gasteiger partial charge in [0, 0.05) is 25.2 Å². The van der Waals surface area contributed by atoms with Crippen molar-refractivity contribution in [3.05, 3.63) is 0 Å². The first-order chi connectivity index (χ1) is 8.99. The molecule has 1 heterocycles. The molecule has 4 heteroatoms. The molecule has 19 heavy (non-hydrogen) atoms. The standard InChI is InChI=1S/C15H32N2O2/c1-12(2)17(9-14-7-5-6-8-16-14)10-15(18)11-19-13(3)4/h12-16,18H,5-11H2,1-4H3. The van der Waals surface area contributed by atoms with Crippen LogP contribution in [0.5, 0.6) is 0 Å². The summed E-state index contributed by atoms with van der Waals surface area (Å²) < 4.78 is 5.48. The Labute approximate surface area is 118 Å². The molecule has 2 atom stereocenters. The lowest BCUT2D eigenvalue weighted by molar-refractivity contribution is -0.0139. The maximum atomic E-state index is 10.1. The number of hydrogen-bond donors (Lipinski definition) is 2. The number of hydrogen-bond acceptors (Lipinski definition) is 4. The third-order valence-electron chi connectivity index (χ3n) is 3.66. The van der Waals surface area contributed by atoms with Crippen molar-refractivity contribution in [3.63, 3.8) is 0 Å². The molecule has 0 aliphatic carbocycles. The van der Waals surface area contributed by atoms with Crippen LogP contribution in [0.3, 0.4) is 0 Å². The van der Waals surface area contributed by atoms with E-state index in [4.69, 9.17) is 4.74 Å². The second kappa shape index (κ2) is 8.90. The molecule has 0 aromatic heterocycles. The lowest BCUT2D eigenvalue weighted by Crippen LogP contribution is -2.48. The van der Waals surface area contributed by atoms with Gasteiger partial charge in [-0.3, -0.25) is 4.90 Å². The van der Waals surface area contributed by atoms with E-state index in [1.807, 2.05) is 13.8 Å². The van der Waals surface area contributed by atoms with E-state index in [1.165, 1.54) is 19.3 Å². The highest BCUT2D eigenvalue weighted by Crippen LogP contribution is 2.11. The van der Waals surface area contributed by atoms with Crippen molar-refractivity contribution in [3.8, 4) is 0 Å². The van der Waals surface area contributed by atoms with Gasteiger partial charge in [-0.1, -0.05) is 6.42 Å².